The van der Waals surface area contributed by atoms with Gasteiger partial charge in [0.25, 0.3) is 0 Å². The maximum absolute atomic E-state index is 12.3. The van der Waals surface area contributed by atoms with Gasteiger partial charge in [-0.25, -0.2) is 4.98 Å². The molecule has 2 aromatic carbocycles. The summed E-state index contributed by atoms with van der Waals surface area (Å²) in [6.07, 6.45) is 0. The molecular weight excluding hydrogens is 388 g/mol. The van der Waals surface area contributed by atoms with Crippen LogP contribution in [0.15, 0.2) is 47.5 Å². The number of methoxy groups -OCH3 is 1. The molecule has 0 unspecified atom stereocenters. The minimum absolute atomic E-state index is 0.0331. The summed E-state index contributed by atoms with van der Waals surface area (Å²) < 4.78 is 16.4. The van der Waals surface area contributed by atoms with Crippen molar-refractivity contribution in [2.75, 3.05) is 26.1 Å². The fourth-order valence-electron chi connectivity index (χ4n) is 3.07. The van der Waals surface area contributed by atoms with Crippen LogP contribution in [0.2, 0.25) is 0 Å². The summed E-state index contributed by atoms with van der Waals surface area (Å²) in [4.78, 5) is 17.0. The highest BCUT2D eigenvalue weighted by Gasteiger charge is 2.15. The molecule has 1 amide bonds. The molecule has 1 N–H and O–H groups in total. The SMILES string of the molecule is COc1ccc(CNC(=O)CSc2nc3cc4c(cc3cc2C)OCCO4)cc1. The Kier molecular flexibility index (Phi) is 5.76. The van der Waals surface area contributed by atoms with Crippen LogP contribution in [-0.2, 0) is 11.3 Å². The number of nitrogens with zero attached hydrogens (tertiary/aromatic N) is 1. The third-order valence-corrected chi connectivity index (χ3v) is 5.70. The summed E-state index contributed by atoms with van der Waals surface area (Å²) in [6.45, 7) is 3.59. The van der Waals surface area contributed by atoms with Crippen LogP contribution < -0.4 is 19.5 Å². The van der Waals surface area contributed by atoms with Gasteiger partial charge in [0, 0.05) is 18.0 Å². The number of aromatic nitrogens is 1. The number of hydrogen-bond donors (Lipinski definition) is 1. The van der Waals surface area contributed by atoms with Crippen LogP contribution in [0, 0.1) is 6.92 Å². The zero-order valence-electron chi connectivity index (χ0n) is 16.4. The Labute approximate surface area is 173 Å². The largest absolute Gasteiger partial charge is 0.497 e. The number of pyridine rings is 1. The van der Waals surface area contributed by atoms with Gasteiger partial charge in [-0.15, -0.1) is 0 Å². The molecule has 150 valence electrons. The first-order valence-corrected chi connectivity index (χ1v) is 10.3. The molecule has 3 aromatic rings. The lowest BCUT2D eigenvalue weighted by Gasteiger charge is -2.19. The summed E-state index contributed by atoms with van der Waals surface area (Å²) in [5.74, 6) is 2.54. The molecule has 0 atom stereocenters. The Hall–Kier alpha value is -2.93. The van der Waals surface area contributed by atoms with Gasteiger partial charge in [-0.3, -0.25) is 4.79 Å². The van der Waals surface area contributed by atoms with E-state index in [0.717, 1.165) is 38.6 Å². The molecule has 0 aliphatic carbocycles. The molecule has 0 saturated heterocycles. The van der Waals surface area contributed by atoms with Crippen LogP contribution in [-0.4, -0.2) is 37.0 Å². The summed E-state index contributed by atoms with van der Waals surface area (Å²) in [5, 5.41) is 4.78. The highest BCUT2D eigenvalue weighted by Crippen LogP contribution is 2.35. The second kappa shape index (κ2) is 8.61. The van der Waals surface area contributed by atoms with E-state index in [-0.39, 0.29) is 5.91 Å². The van der Waals surface area contributed by atoms with Crippen molar-refractivity contribution in [2.24, 2.45) is 0 Å². The van der Waals surface area contributed by atoms with Gasteiger partial charge in [0.1, 0.15) is 24.0 Å². The van der Waals surface area contributed by atoms with Gasteiger partial charge in [0.2, 0.25) is 5.91 Å². The zero-order chi connectivity index (χ0) is 20.2. The van der Waals surface area contributed by atoms with E-state index in [2.05, 4.69) is 11.4 Å². The molecule has 0 saturated carbocycles. The predicted octanol–water partition coefficient (Wildman–Crippen LogP) is 3.73. The molecule has 29 heavy (non-hydrogen) atoms. The van der Waals surface area contributed by atoms with Crippen LogP contribution in [0.1, 0.15) is 11.1 Å². The molecule has 1 aliphatic heterocycles. The number of carbonyl (C=O) groups excluding carboxylic acids is 1. The molecule has 4 rings (SSSR count). The average Bonchev–Trinajstić information content (AvgIpc) is 2.75. The number of rotatable bonds is 6. The maximum atomic E-state index is 12.3. The summed E-state index contributed by atoms with van der Waals surface area (Å²) in [7, 11) is 1.63. The first-order chi connectivity index (χ1) is 14.1. The van der Waals surface area contributed by atoms with Crippen molar-refractivity contribution in [3.05, 3.63) is 53.6 Å². The van der Waals surface area contributed by atoms with E-state index in [4.69, 9.17) is 19.2 Å². The normalized spacial score (nSPS) is 12.6. The second-order valence-electron chi connectivity index (χ2n) is 6.71. The van der Waals surface area contributed by atoms with E-state index in [1.54, 1.807) is 7.11 Å². The maximum Gasteiger partial charge on any atom is 0.230 e. The number of thioether (sulfide) groups is 1. The van der Waals surface area contributed by atoms with E-state index in [1.807, 2.05) is 43.3 Å². The number of carbonyl (C=O) groups is 1. The molecule has 0 bridgehead atoms. The number of nitrogens with one attached hydrogen (secondary N) is 1. The highest BCUT2D eigenvalue weighted by atomic mass is 32.2. The number of aryl methyl sites for hydroxylation is 1. The Balaban J connectivity index is 1.39. The van der Waals surface area contributed by atoms with Crippen molar-refractivity contribution in [3.63, 3.8) is 0 Å². The molecule has 1 aromatic heterocycles. The second-order valence-corrected chi connectivity index (χ2v) is 7.68. The average molecular weight is 410 g/mol. The van der Waals surface area contributed by atoms with Crippen LogP contribution in [0.3, 0.4) is 0 Å². The number of ether oxygens (including phenoxy) is 3. The number of fused-ring (bicyclic) bond motifs is 2. The van der Waals surface area contributed by atoms with E-state index < -0.39 is 0 Å². The van der Waals surface area contributed by atoms with Crippen molar-refractivity contribution in [1.29, 1.82) is 0 Å². The van der Waals surface area contributed by atoms with E-state index >= 15 is 0 Å². The summed E-state index contributed by atoms with van der Waals surface area (Å²) >= 11 is 1.43. The lowest BCUT2D eigenvalue weighted by molar-refractivity contribution is -0.118. The van der Waals surface area contributed by atoms with Gasteiger partial charge in [-0.05, 0) is 42.3 Å². The van der Waals surface area contributed by atoms with Gasteiger partial charge in [-0.2, -0.15) is 0 Å². The molecule has 0 spiro atoms. The van der Waals surface area contributed by atoms with Gasteiger partial charge in [0.15, 0.2) is 11.5 Å². The summed E-state index contributed by atoms with van der Waals surface area (Å²) in [5.41, 5.74) is 2.89. The molecule has 6 nitrogen and oxygen atoms in total. The highest BCUT2D eigenvalue weighted by molar-refractivity contribution is 7.99. The van der Waals surface area contributed by atoms with Gasteiger partial charge in [0.05, 0.1) is 18.4 Å². The first kappa shape index (κ1) is 19.4. The van der Waals surface area contributed by atoms with Crippen molar-refractivity contribution in [3.8, 4) is 17.2 Å². The topological polar surface area (TPSA) is 69.7 Å². The number of hydrogen-bond acceptors (Lipinski definition) is 6. The Morgan fingerprint density at radius 2 is 1.86 bits per heavy atom. The van der Waals surface area contributed by atoms with E-state index in [1.165, 1.54) is 11.8 Å². The monoisotopic (exact) mass is 410 g/mol. The minimum Gasteiger partial charge on any atom is -0.497 e. The Morgan fingerprint density at radius 1 is 1.14 bits per heavy atom. The molecule has 1 aliphatic rings. The lowest BCUT2D eigenvalue weighted by atomic mass is 10.1. The quantitative estimate of drug-likeness (QED) is 0.625. The first-order valence-electron chi connectivity index (χ1n) is 9.36. The van der Waals surface area contributed by atoms with Crippen LogP contribution in [0.5, 0.6) is 17.2 Å². The molecule has 0 fully saturated rings. The minimum atomic E-state index is -0.0331. The van der Waals surface area contributed by atoms with Crippen molar-refractivity contribution < 1.29 is 19.0 Å². The van der Waals surface area contributed by atoms with E-state index in [0.29, 0.717) is 31.3 Å². The van der Waals surface area contributed by atoms with Crippen molar-refractivity contribution >= 4 is 28.6 Å². The number of benzene rings is 2. The van der Waals surface area contributed by atoms with E-state index in [9.17, 15) is 4.79 Å². The Bertz CT molecular complexity index is 1040. The predicted molar refractivity (Wildman–Crippen MR) is 113 cm³/mol. The molecule has 0 radical (unpaired) electrons. The Morgan fingerprint density at radius 3 is 2.59 bits per heavy atom. The number of amides is 1. The summed E-state index contributed by atoms with van der Waals surface area (Å²) in [6, 6.07) is 13.6. The van der Waals surface area contributed by atoms with Crippen LogP contribution >= 0.6 is 11.8 Å². The fourth-order valence-corrected chi connectivity index (χ4v) is 3.89. The molecule has 7 heteroatoms. The van der Waals surface area contributed by atoms with Crippen molar-refractivity contribution in [1.82, 2.24) is 10.3 Å². The van der Waals surface area contributed by atoms with Gasteiger partial charge in [-0.1, -0.05) is 23.9 Å². The lowest BCUT2D eigenvalue weighted by Crippen LogP contribution is -2.24. The zero-order valence-corrected chi connectivity index (χ0v) is 17.2. The standard InChI is InChI=1S/C22H22N2O4S/c1-14-9-16-10-19-20(28-8-7-27-19)11-18(16)24-22(14)29-13-21(25)23-12-15-3-5-17(26-2)6-4-15/h3-6,9-11H,7-8,12-13H2,1-2H3,(H,23,25). The van der Waals surface area contributed by atoms with Crippen LogP contribution in [0.25, 0.3) is 10.9 Å². The van der Waals surface area contributed by atoms with Crippen LogP contribution in [0.4, 0.5) is 0 Å². The molecular formula is C22H22N2O4S. The fraction of sp³-hybridized carbons (Fsp3) is 0.273. The van der Waals surface area contributed by atoms with Gasteiger partial charge >= 0.3 is 0 Å². The molecule has 2 heterocycles. The van der Waals surface area contributed by atoms with Gasteiger partial charge < -0.3 is 19.5 Å². The third-order valence-electron chi connectivity index (χ3n) is 4.61. The smallest absolute Gasteiger partial charge is 0.230 e. The van der Waals surface area contributed by atoms with Crippen molar-refractivity contribution in [2.45, 2.75) is 18.5 Å². The third kappa shape index (κ3) is 4.56.